The molecule has 0 N–H and O–H groups in total. The molecule has 0 saturated heterocycles. The largest absolute Gasteiger partial charge is 0.489 e. The summed E-state index contributed by atoms with van der Waals surface area (Å²) in [4.78, 5) is 28.3. The summed E-state index contributed by atoms with van der Waals surface area (Å²) in [6.07, 6.45) is 0.230. The molecular formula is C22H28N2O3. The number of hydrogen-bond acceptors (Lipinski definition) is 3. The molecule has 0 aromatic heterocycles. The number of benzene rings is 2. The minimum Gasteiger partial charge on any atom is -0.489 e. The summed E-state index contributed by atoms with van der Waals surface area (Å²) in [5.41, 5.74) is 1.55. The van der Waals surface area contributed by atoms with Crippen LogP contribution in [0.15, 0.2) is 54.6 Å². The molecule has 0 spiro atoms. The van der Waals surface area contributed by atoms with Crippen molar-refractivity contribution in [3.8, 4) is 5.75 Å². The van der Waals surface area contributed by atoms with Gasteiger partial charge >= 0.3 is 0 Å². The SMILES string of the molecule is CCN(C(=O)CCN(C(C)=O)c1ccccc1OC(C)C)c1ccccc1. The van der Waals surface area contributed by atoms with Crippen molar-refractivity contribution in [2.45, 2.75) is 40.2 Å². The van der Waals surface area contributed by atoms with Crippen LogP contribution in [0.25, 0.3) is 0 Å². The van der Waals surface area contributed by atoms with Crippen LogP contribution in [0, 0.1) is 0 Å². The molecule has 0 atom stereocenters. The van der Waals surface area contributed by atoms with Gasteiger partial charge in [0.15, 0.2) is 0 Å². The summed E-state index contributed by atoms with van der Waals surface area (Å²) >= 11 is 0. The first-order chi connectivity index (χ1) is 12.9. The Labute approximate surface area is 161 Å². The van der Waals surface area contributed by atoms with Gasteiger partial charge in [-0.1, -0.05) is 30.3 Å². The fourth-order valence-electron chi connectivity index (χ4n) is 2.93. The monoisotopic (exact) mass is 368 g/mol. The predicted molar refractivity (Wildman–Crippen MR) is 109 cm³/mol. The standard InChI is InChI=1S/C22H28N2O3/c1-5-23(19-11-7-6-8-12-19)22(26)15-16-24(18(4)25)20-13-9-10-14-21(20)27-17(2)3/h6-14,17H,5,15-16H2,1-4H3. The van der Waals surface area contributed by atoms with E-state index in [9.17, 15) is 9.59 Å². The lowest BCUT2D eigenvalue weighted by molar-refractivity contribution is -0.118. The second-order valence-electron chi connectivity index (χ2n) is 6.53. The van der Waals surface area contributed by atoms with Crippen molar-refractivity contribution < 1.29 is 14.3 Å². The third-order valence-electron chi connectivity index (χ3n) is 4.13. The van der Waals surface area contributed by atoms with Crippen LogP contribution in [-0.2, 0) is 9.59 Å². The fourth-order valence-corrected chi connectivity index (χ4v) is 2.93. The van der Waals surface area contributed by atoms with Gasteiger partial charge in [-0.2, -0.15) is 0 Å². The normalized spacial score (nSPS) is 10.6. The average molecular weight is 368 g/mol. The number of rotatable bonds is 8. The molecule has 0 aliphatic carbocycles. The zero-order chi connectivity index (χ0) is 19.8. The summed E-state index contributed by atoms with van der Waals surface area (Å²) in [6, 6.07) is 17.0. The van der Waals surface area contributed by atoms with Crippen LogP contribution in [0.3, 0.4) is 0 Å². The number of amides is 2. The maximum atomic E-state index is 12.8. The van der Waals surface area contributed by atoms with E-state index in [4.69, 9.17) is 4.74 Å². The van der Waals surface area contributed by atoms with Crippen LogP contribution in [0.1, 0.15) is 34.1 Å². The molecule has 5 heteroatoms. The smallest absolute Gasteiger partial charge is 0.228 e. The molecule has 5 nitrogen and oxygen atoms in total. The first-order valence-corrected chi connectivity index (χ1v) is 9.33. The van der Waals surface area contributed by atoms with Gasteiger partial charge in [0.1, 0.15) is 5.75 Å². The Hall–Kier alpha value is -2.82. The van der Waals surface area contributed by atoms with Crippen molar-refractivity contribution in [3.05, 3.63) is 54.6 Å². The molecule has 0 bridgehead atoms. The molecule has 2 rings (SSSR count). The van der Waals surface area contributed by atoms with Crippen LogP contribution < -0.4 is 14.5 Å². The number of carbonyl (C=O) groups is 2. The van der Waals surface area contributed by atoms with Crippen molar-refractivity contribution in [1.29, 1.82) is 0 Å². The number of hydrogen-bond donors (Lipinski definition) is 0. The zero-order valence-electron chi connectivity index (χ0n) is 16.5. The van der Waals surface area contributed by atoms with E-state index >= 15 is 0 Å². The first-order valence-electron chi connectivity index (χ1n) is 9.33. The van der Waals surface area contributed by atoms with E-state index in [-0.39, 0.29) is 24.3 Å². The van der Waals surface area contributed by atoms with Crippen LogP contribution in [0.4, 0.5) is 11.4 Å². The molecule has 0 fully saturated rings. The second kappa shape index (κ2) is 9.76. The van der Waals surface area contributed by atoms with Crippen LogP contribution >= 0.6 is 0 Å². The molecule has 0 unspecified atom stereocenters. The number of para-hydroxylation sites is 3. The Morgan fingerprint density at radius 3 is 2.19 bits per heavy atom. The van der Waals surface area contributed by atoms with Gasteiger partial charge in [-0.15, -0.1) is 0 Å². The van der Waals surface area contributed by atoms with Gasteiger partial charge in [0.05, 0.1) is 11.8 Å². The molecule has 0 saturated carbocycles. The molecule has 0 aliphatic heterocycles. The van der Waals surface area contributed by atoms with E-state index in [1.165, 1.54) is 6.92 Å². The fraction of sp³-hybridized carbons (Fsp3) is 0.364. The molecule has 2 amide bonds. The van der Waals surface area contributed by atoms with Crippen LogP contribution in [-0.4, -0.2) is 31.0 Å². The third kappa shape index (κ3) is 5.58. The molecule has 2 aromatic rings. The lowest BCUT2D eigenvalue weighted by Crippen LogP contribution is -2.36. The highest BCUT2D eigenvalue weighted by Crippen LogP contribution is 2.29. The molecule has 0 radical (unpaired) electrons. The van der Waals surface area contributed by atoms with Gasteiger partial charge in [-0.25, -0.2) is 0 Å². The van der Waals surface area contributed by atoms with Crippen molar-refractivity contribution in [2.24, 2.45) is 0 Å². The van der Waals surface area contributed by atoms with Crippen LogP contribution in [0.5, 0.6) is 5.75 Å². The summed E-state index contributed by atoms with van der Waals surface area (Å²) in [6.45, 7) is 8.21. The molecule has 144 valence electrons. The average Bonchev–Trinajstić information content (AvgIpc) is 2.64. The number of ether oxygens (including phenoxy) is 1. The van der Waals surface area contributed by atoms with E-state index < -0.39 is 0 Å². The summed E-state index contributed by atoms with van der Waals surface area (Å²) in [7, 11) is 0. The summed E-state index contributed by atoms with van der Waals surface area (Å²) in [5, 5.41) is 0. The summed E-state index contributed by atoms with van der Waals surface area (Å²) < 4.78 is 5.83. The lowest BCUT2D eigenvalue weighted by atomic mass is 10.2. The molecule has 2 aromatic carbocycles. The third-order valence-corrected chi connectivity index (χ3v) is 4.13. The van der Waals surface area contributed by atoms with Gasteiger partial charge in [0, 0.05) is 32.1 Å². The van der Waals surface area contributed by atoms with E-state index in [2.05, 4.69) is 0 Å². The highest BCUT2D eigenvalue weighted by atomic mass is 16.5. The number of nitrogens with zero attached hydrogens (tertiary/aromatic N) is 2. The first kappa shape index (κ1) is 20.5. The van der Waals surface area contributed by atoms with E-state index in [1.807, 2.05) is 75.4 Å². The number of anilines is 2. The van der Waals surface area contributed by atoms with Crippen LogP contribution in [0.2, 0.25) is 0 Å². The van der Waals surface area contributed by atoms with E-state index in [1.54, 1.807) is 9.80 Å². The molecule has 0 heterocycles. The van der Waals surface area contributed by atoms with Crippen molar-refractivity contribution in [3.63, 3.8) is 0 Å². The zero-order valence-corrected chi connectivity index (χ0v) is 16.5. The minimum absolute atomic E-state index is 0.00439. The second-order valence-corrected chi connectivity index (χ2v) is 6.53. The highest BCUT2D eigenvalue weighted by molar-refractivity contribution is 5.96. The Kier molecular flexibility index (Phi) is 7.41. The minimum atomic E-state index is -0.120. The Morgan fingerprint density at radius 2 is 1.59 bits per heavy atom. The predicted octanol–water partition coefficient (Wildman–Crippen LogP) is 4.27. The Bertz CT molecular complexity index is 759. The van der Waals surface area contributed by atoms with Crippen molar-refractivity contribution in [2.75, 3.05) is 22.9 Å². The lowest BCUT2D eigenvalue weighted by Gasteiger charge is -2.26. The Balaban J connectivity index is 2.15. The number of carbonyl (C=O) groups excluding carboxylic acids is 2. The van der Waals surface area contributed by atoms with E-state index in [0.29, 0.717) is 24.5 Å². The summed E-state index contributed by atoms with van der Waals surface area (Å²) in [5.74, 6) is 0.508. The topological polar surface area (TPSA) is 49.9 Å². The maximum absolute atomic E-state index is 12.8. The van der Waals surface area contributed by atoms with E-state index in [0.717, 1.165) is 5.69 Å². The highest BCUT2D eigenvalue weighted by Gasteiger charge is 2.20. The Morgan fingerprint density at radius 1 is 0.963 bits per heavy atom. The van der Waals surface area contributed by atoms with Gasteiger partial charge < -0.3 is 14.5 Å². The van der Waals surface area contributed by atoms with Gasteiger partial charge in [-0.3, -0.25) is 9.59 Å². The van der Waals surface area contributed by atoms with Gasteiger partial charge in [0.25, 0.3) is 0 Å². The quantitative estimate of drug-likeness (QED) is 0.699. The van der Waals surface area contributed by atoms with Crippen molar-refractivity contribution >= 4 is 23.2 Å². The maximum Gasteiger partial charge on any atom is 0.228 e. The van der Waals surface area contributed by atoms with Gasteiger partial charge in [-0.05, 0) is 45.0 Å². The van der Waals surface area contributed by atoms with Gasteiger partial charge in [0.2, 0.25) is 11.8 Å². The molecule has 0 aliphatic rings. The molecular weight excluding hydrogens is 340 g/mol. The van der Waals surface area contributed by atoms with Crippen molar-refractivity contribution in [1.82, 2.24) is 0 Å². The molecule has 27 heavy (non-hydrogen) atoms.